The number of piperidine rings is 1. The minimum absolute atomic E-state index is 0.0401. The van der Waals surface area contributed by atoms with Gasteiger partial charge in [-0.25, -0.2) is 4.98 Å². The molecule has 0 saturated carbocycles. The summed E-state index contributed by atoms with van der Waals surface area (Å²) in [6.45, 7) is 8.02. The van der Waals surface area contributed by atoms with Gasteiger partial charge in [0.25, 0.3) is 5.91 Å². The van der Waals surface area contributed by atoms with Crippen molar-refractivity contribution in [2.24, 2.45) is 5.41 Å². The molecule has 61 heavy (non-hydrogen) atoms. The molecule has 6 rings (SSSR count). The molecule has 322 valence electrons. The Kier molecular flexibility index (Phi) is 14.0. The molecule has 0 aliphatic carbocycles. The van der Waals surface area contributed by atoms with Crippen LogP contribution in [-0.4, -0.2) is 113 Å². The lowest BCUT2D eigenvalue weighted by atomic mass is 9.85. The Morgan fingerprint density at radius 1 is 1.03 bits per heavy atom. The van der Waals surface area contributed by atoms with Crippen LogP contribution >= 0.6 is 0 Å². The molecule has 2 saturated heterocycles. The van der Waals surface area contributed by atoms with Gasteiger partial charge in [0.2, 0.25) is 17.7 Å². The third-order valence-electron chi connectivity index (χ3n) is 11.0. The molecule has 5 N–H and O–H groups in total. The molecule has 5 atom stereocenters. The van der Waals surface area contributed by atoms with E-state index in [4.69, 9.17) is 20.6 Å². The van der Waals surface area contributed by atoms with E-state index in [1.807, 2.05) is 32.9 Å². The number of hydrogen-bond donors (Lipinski definition) is 5. The zero-order valence-electron chi connectivity index (χ0n) is 35.4. The summed E-state index contributed by atoms with van der Waals surface area (Å²) < 4.78 is 17.2. The second-order valence-corrected chi connectivity index (χ2v) is 16.4. The maximum Gasteiger partial charge on any atom is 0.274 e. The fourth-order valence-corrected chi connectivity index (χ4v) is 7.72. The number of H-pyrrole nitrogens is 1. The van der Waals surface area contributed by atoms with Crippen molar-refractivity contribution in [2.45, 2.75) is 83.8 Å². The normalized spacial score (nSPS) is 19.4. The number of hydrogen-bond acceptors (Lipinski definition) is 11. The van der Waals surface area contributed by atoms with Crippen LogP contribution in [0.4, 0.5) is 11.4 Å². The molecule has 2 fully saturated rings. The van der Waals surface area contributed by atoms with E-state index in [1.54, 1.807) is 61.8 Å². The van der Waals surface area contributed by atoms with E-state index in [-0.39, 0.29) is 49.9 Å². The van der Waals surface area contributed by atoms with Gasteiger partial charge in [-0.15, -0.1) is 6.42 Å². The number of rotatable bonds is 14. The largest absolute Gasteiger partial charge is 0.496 e. The number of likely N-dealkylation sites (tertiary alicyclic amines) is 1. The fraction of sp³-hybridized carbons (Fsp3) is 0.422. The number of pyridine rings is 1. The van der Waals surface area contributed by atoms with Crippen LogP contribution in [0.2, 0.25) is 0 Å². The smallest absolute Gasteiger partial charge is 0.274 e. The Labute approximate surface area is 355 Å². The van der Waals surface area contributed by atoms with Crippen molar-refractivity contribution < 1.29 is 38.5 Å². The molecule has 0 spiro atoms. The second kappa shape index (κ2) is 19.3. The van der Waals surface area contributed by atoms with E-state index in [0.717, 1.165) is 5.69 Å². The number of amides is 4. The van der Waals surface area contributed by atoms with Crippen molar-refractivity contribution in [1.29, 1.82) is 0 Å². The average molecular weight is 835 g/mol. The Bertz CT molecular complexity index is 2250. The summed E-state index contributed by atoms with van der Waals surface area (Å²) in [4.78, 5) is 62.2. The Morgan fingerprint density at radius 3 is 2.51 bits per heavy atom. The zero-order chi connectivity index (χ0) is 43.8. The molecule has 4 heterocycles. The Hall–Kier alpha value is -6.44. The summed E-state index contributed by atoms with van der Waals surface area (Å²) in [7, 11) is 3.06. The number of ether oxygens (including phenoxy) is 3. The van der Waals surface area contributed by atoms with Gasteiger partial charge in [0.1, 0.15) is 35.9 Å². The number of aromatic nitrogens is 3. The lowest BCUT2D eigenvalue weighted by Crippen LogP contribution is -2.58. The van der Waals surface area contributed by atoms with Crippen molar-refractivity contribution in [1.82, 2.24) is 30.7 Å². The molecule has 2 aliphatic heterocycles. The van der Waals surface area contributed by atoms with Gasteiger partial charge < -0.3 is 45.1 Å². The minimum Gasteiger partial charge on any atom is -0.496 e. The summed E-state index contributed by atoms with van der Waals surface area (Å²) in [5.74, 6) is 1.82. The van der Waals surface area contributed by atoms with Gasteiger partial charge in [0.05, 0.1) is 43.5 Å². The first-order valence-electron chi connectivity index (χ1n) is 20.2. The van der Waals surface area contributed by atoms with Crippen LogP contribution < -0.4 is 30.3 Å². The van der Waals surface area contributed by atoms with Crippen LogP contribution in [-0.2, 0) is 25.7 Å². The van der Waals surface area contributed by atoms with Gasteiger partial charge in [0.15, 0.2) is 0 Å². The SMILES string of the molecule is C#Cc1ccc(CNC(=O)[C@@H]2C[C@@H](O)CN2C(=O)[C@@H](NC(=O)CO[C@H]2CCN(c3ccc(NC(=O)c4cccc(-c5ccn[nH]5)n4)c(OC)c3)[C@@H](C)C2)C(C)(C)C)c(OC)c1. The zero-order valence-corrected chi connectivity index (χ0v) is 35.4. The van der Waals surface area contributed by atoms with Crippen molar-refractivity contribution in [3.63, 3.8) is 0 Å². The Morgan fingerprint density at radius 2 is 1.82 bits per heavy atom. The third kappa shape index (κ3) is 10.7. The van der Waals surface area contributed by atoms with Gasteiger partial charge >= 0.3 is 0 Å². The molecule has 2 aromatic carbocycles. The number of aliphatic hydroxyl groups is 1. The quantitative estimate of drug-likeness (QED) is 0.116. The summed E-state index contributed by atoms with van der Waals surface area (Å²) >= 11 is 0. The number of carbonyl (C=O) groups excluding carboxylic acids is 4. The number of nitrogens with one attached hydrogen (secondary N) is 4. The van der Waals surface area contributed by atoms with Gasteiger partial charge in [-0.1, -0.05) is 38.8 Å². The van der Waals surface area contributed by atoms with Crippen LogP contribution in [0.15, 0.2) is 66.9 Å². The van der Waals surface area contributed by atoms with E-state index in [0.29, 0.717) is 59.1 Å². The number of carbonyl (C=O) groups is 4. The number of nitrogens with zero attached hydrogens (tertiary/aromatic N) is 4. The van der Waals surface area contributed by atoms with Gasteiger partial charge in [-0.2, -0.15) is 5.10 Å². The van der Waals surface area contributed by atoms with Crippen LogP contribution in [0.3, 0.4) is 0 Å². The molecule has 2 aliphatic rings. The third-order valence-corrected chi connectivity index (χ3v) is 11.0. The molecule has 0 unspecified atom stereocenters. The summed E-state index contributed by atoms with van der Waals surface area (Å²) in [5.41, 5.74) is 3.55. The van der Waals surface area contributed by atoms with Gasteiger partial charge in [0, 0.05) is 61.2 Å². The van der Waals surface area contributed by atoms with Crippen LogP contribution in [0.5, 0.6) is 11.5 Å². The first-order valence-corrected chi connectivity index (χ1v) is 20.2. The number of aliphatic hydroxyl groups excluding tert-OH is 1. The lowest BCUT2D eigenvalue weighted by molar-refractivity contribution is -0.145. The first kappa shape index (κ1) is 44.1. The lowest BCUT2D eigenvalue weighted by Gasteiger charge is -2.39. The maximum absolute atomic E-state index is 14.1. The van der Waals surface area contributed by atoms with Crippen molar-refractivity contribution in [3.05, 3.63) is 83.7 Å². The molecule has 4 aromatic rings. The molecule has 4 amide bonds. The molecule has 16 heteroatoms. The number of β-amino-alcohol motifs (C(OH)–C–C–N with tert-alkyl or cyclic N) is 1. The first-order chi connectivity index (χ1) is 29.2. The highest BCUT2D eigenvalue weighted by Gasteiger charge is 2.44. The summed E-state index contributed by atoms with van der Waals surface area (Å²) in [6.07, 6.45) is 7.34. The highest BCUT2D eigenvalue weighted by molar-refractivity contribution is 6.04. The molecule has 0 bridgehead atoms. The van der Waals surface area contributed by atoms with E-state index in [2.05, 4.69) is 48.9 Å². The minimum atomic E-state index is -0.993. The monoisotopic (exact) mass is 834 g/mol. The van der Waals surface area contributed by atoms with E-state index in [9.17, 15) is 24.3 Å². The van der Waals surface area contributed by atoms with E-state index < -0.39 is 41.3 Å². The van der Waals surface area contributed by atoms with Gasteiger partial charge in [-0.05, 0) is 67.6 Å². The van der Waals surface area contributed by atoms with Crippen LogP contribution in [0, 0.1) is 17.8 Å². The maximum atomic E-state index is 14.1. The van der Waals surface area contributed by atoms with E-state index in [1.165, 1.54) is 12.0 Å². The highest BCUT2D eigenvalue weighted by Crippen LogP contribution is 2.34. The fourth-order valence-electron chi connectivity index (χ4n) is 7.72. The predicted molar refractivity (Wildman–Crippen MR) is 229 cm³/mol. The number of anilines is 2. The van der Waals surface area contributed by atoms with Crippen molar-refractivity contribution in [3.8, 4) is 35.2 Å². The standard InChI is InChI=1S/C45H54N8O8/c1-8-28-12-13-29(38(21-28)59-6)24-46-43(57)37-23-31(54)25-53(37)44(58)41(45(3,4)5)50-40(55)26-61-32-17-19-52(27(2)20-32)30-14-15-35(39(22-30)60-7)49-42(56)36-11-9-10-33(48-36)34-16-18-47-51-34/h1,9-16,18,21-22,27,31-32,37,41,54H,17,19-20,23-26H2,2-7H3,(H,46,57)(H,47,51)(H,49,56)(H,50,55)/t27-,31+,32-,37-,41+/m0/s1. The number of benzene rings is 2. The van der Waals surface area contributed by atoms with E-state index >= 15 is 0 Å². The summed E-state index contributed by atoms with van der Waals surface area (Å²) in [6, 6.07) is 15.9. The molecule has 16 nitrogen and oxygen atoms in total. The second-order valence-electron chi connectivity index (χ2n) is 16.4. The molecular weight excluding hydrogens is 781 g/mol. The van der Waals surface area contributed by atoms with Crippen LogP contribution in [0.25, 0.3) is 11.4 Å². The molecular formula is C45H54N8O8. The molecule has 0 radical (unpaired) electrons. The predicted octanol–water partition coefficient (Wildman–Crippen LogP) is 3.91. The van der Waals surface area contributed by atoms with Crippen LogP contribution in [0.1, 0.15) is 68.6 Å². The van der Waals surface area contributed by atoms with Crippen molar-refractivity contribution in [2.75, 3.05) is 44.1 Å². The number of methoxy groups -OCH3 is 2. The topological polar surface area (TPSA) is 200 Å². The number of aromatic amines is 1. The van der Waals surface area contributed by atoms with Gasteiger partial charge in [-0.3, -0.25) is 24.3 Å². The summed E-state index contributed by atoms with van der Waals surface area (Å²) in [5, 5.41) is 26.0. The number of terminal acetylenes is 1. The average Bonchev–Trinajstić information content (AvgIpc) is 3.94. The Balaban J connectivity index is 1.02. The van der Waals surface area contributed by atoms with Crippen molar-refractivity contribution >= 4 is 35.0 Å². The highest BCUT2D eigenvalue weighted by atomic mass is 16.5. The molecule has 2 aromatic heterocycles.